The minimum atomic E-state index is -4.31. The second kappa shape index (κ2) is 4.12. The normalized spacial score (nSPS) is 11.9. The van der Waals surface area contributed by atoms with E-state index in [9.17, 15) is 13.2 Å². The molecule has 0 atom stereocenters. The summed E-state index contributed by atoms with van der Waals surface area (Å²) >= 11 is 0. The molecule has 2 aromatic heterocycles. The van der Waals surface area contributed by atoms with Crippen LogP contribution in [0.15, 0.2) is 54.9 Å². The number of nitrogens with zero attached hydrogens (tertiary/aromatic N) is 2. The van der Waals surface area contributed by atoms with Crippen molar-refractivity contribution in [2.75, 3.05) is 0 Å². The van der Waals surface area contributed by atoms with Gasteiger partial charge in [0.15, 0.2) is 0 Å². The lowest BCUT2D eigenvalue weighted by atomic mass is 10.2. The predicted molar refractivity (Wildman–Crippen MR) is 66.1 cm³/mol. The lowest BCUT2D eigenvalue weighted by Gasteiger charge is -2.09. The summed E-state index contributed by atoms with van der Waals surface area (Å²) in [7, 11) is 0. The molecule has 0 saturated heterocycles. The summed E-state index contributed by atoms with van der Waals surface area (Å²) < 4.78 is 39.3. The molecule has 0 unspecified atom stereocenters. The van der Waals surface area contributed by atoms with Crippen LogP contribution in [0.4, 0.5) is 13.2 Å². The quantitative estimate of drug-likeness (QED) is 0.647. The number of hydrogen-bond donors (Lipinski definition) is 0. The van der Waals surface area contributed by atoms with Gasteiger partial charge in [-0.1, -0.05) is 0 Å². The number of halogens is 3. The fraction of sp³-hybridized carbons (Fsp3) is 0.0714. The average Bonchev–Trinajstić information content (AvgIpc) is 2.82. The monoisotopic (exact) mass is 262 g/mol. The molecule has 0 aliphatic rings. The van der Waals surface area contributed by atoms with Gasteiger partial charge in [-0.15, -0.1) is 0 Å². The van der Waals surface area contributed by atoms with Crippen molar-refractivity contribution in [2.24, 2.45) is 0 Å². The van der Waals surface area contributed by atoms with E-state index in [1.807, 2.05) is 16.7 Å². The number of benzene rings is 1. The first-order chi connectivity index (χ1) is 9.05. The average molecular weight is 262 g/mol. The molecule has 0 aliphatic carbocycles. The van der Waals surface area contributed by atoms with Crippen LogP contribution >= 0.6 is 0 Å². The molecule has 5 heteroatoms. The first-order valence-electron chi connectivity index (χ1n) is 5.65. The molecule has 0 fully saturated rings. The van der Waals surface area contributed by atoms with Gasteiger partial charge in [0.1, 0.15) is 0 Å². The van der Waals surface area contributed by atoms with Gasteiger partial charge in [-0.3, -0.25) is 4.98 Å². The zero-order valence-electron chi connectivity index (χ0n) is 9.72. The molecule has 3 rings (SSSR count). The Morgan fingerprint density at radius 3 is 2.37 bits per heavy atom. The number of alkyl halides is 3. The number of hydrogen-bond acceptors (Lipinski definition) is 1. The molecule has 19 heavy (non-hydrogen) atoms. The van der Waals surface area contributed by atoms with E-state index < -0.39 is 11.7 Å². The first-order valence-corrected chi connectivity index (χ1v) is 5.65. The van der Waals surface area contributed by atoms with Gasteiger partial charge in [-0.25, -0.2) is 0 Å². The van der Waals surface area contributed by atoms with Gasteiger partial charge in [0.2, 0.25) is 0 Å². The minimum absolute atomic E-state index is 0.647. The van der Waals surface area contributed by atoms with Gasteiger partial charge >= 0.3 is 6.18 Å². The topological polar surface area (TPSA) is 17.8 Å². The van der Waals surface area contributed by atoms with Crippen LogP contribution in [0.3, 0.4) is 0 Å². The zero-order valence-corrected chi connectivity index (χ0v) is 9.72. The van der Waals surface area contributed by atoms with Crippen LogP contribution in [0, 0.1) is 0 Å². The highest BCUT2D eigenvalue weighted by atomic mass is 19.4. The second-order valence-corrected chi connectivity index (χ2v) is 4.14. The van der Waals surface area contributed by atoms with Gasteiger partial charge in [0.25, 0.3) is 0 Å². The molecule has 96 valence electrons. The van der Waals surface area contributed by atoms with Crippen molar-refractivity contribution < 1.29 is 13.2 Å². The predicted octanol–water partition coefficient (Wildman–Crippen LogP) is 4.04. The van der Waals surface area contributed by atoms with Gasteiger partial charge in [-0.2, -0.15) is 13.2 Å². The van der Waals surface area contributed by atoms with E-state index in [0.29, 0.717) is 5.69 Å². The van der Waals surface area contributed by atoms with E-state index in [0.717, 1.165) is 23.2 Å². The molecule has 0 amide bonds. The summed E-state index contributed by atoms with van der Waals surface area (Å²) in [4.78, 5) is 4.18. The highest BCUT2D eigenvalue weighted by molar-refractivity contribution is 5.77. The van der Waals surface area contributed by atoms with E-state index in [-0.39, 0.29) is 0 Å². The Morgan fingerprint density at radius 1 is 0.947 bits per heavy atom. The molecule has 0 radical (unpaired) electrons. The summed E-state index contributed by atoms with van der Waals surface area (Å²) in [6, 6.07) is 10.6. The van der Waals surface area contributed by atoms with Crippen molar-refractivity contribution in [3.8, 4) is 5.69 Å². The fourth-order valence-corrected chi connectivity index (χ4v) is 2.00. The van der Waals surface area contributed by atoms with Crippen LogP contribution in [-0.2, 0) is 6.18 Å². The lowest BCUT2D eigenvalue weighted by molar-refractivity contribution is -0.137. The molecule has 0 bridgehead atoms. The highest BCUT2D eigenvalue weighted by Gasteiger charge is 2.29. The third-order valence-electron chi connectivity index (χ3n) is 2.93. The Balaban J connectivity index is 2.07. The molecule has 2 nitrogen and oxygen atoms in total. The Hall–Kier alpha value is -2.30. The van der Waals surface area contributed by atoms with Crippen LogP contribution < -0.4 is 0 Å². The standard InChI is InChI=1S/C14H9F3N2/c15-14(16,17)10-3-5-11(6-4-10)19-9-7-12-13(19)2-1-8-18-12/h1-9H. The van der Waals surface area contributed by atoms with E-state index in [4.69, 9.17) is 0 Å². The summed E-state index contributed by atoms with van der Waals surface area (Å²) in [6.07, 6.45) is -0.835. The zero-order chi connectivity index (χ0) is 13.5. The SMILES string of the molecule is FC(F)(F)c1ccc(-n2ccc3ncccc32)cc1. The van der Waals surface area contributed by atoms with Crippen LogP contribution in [-0.4, -0.2) is 9.55 Å². The van der Waals surface area contributed by atoms with E-state index >= 15 is 0 Å². The summed E-state index contributed by atoms with van der Waals surface area (Å²) in [5.74, 6) is 0. The van der Waals surface area contributed by atoms with Gasteiger partial charge in [0.05, 0.1) is 16.6 Å². The molecule has 0 aliphatic heterocycles. The summed E-state index contributed by atoms with van der Waals surface area (Å²) in [5.41, 5.74) is 1.70. The van der Waals surface area contributed by atoms with E-state index in [1.54, 1.807) is 18.5 Å². The number of aromatic nitrogens is 2. The molecule has 1 aromatic carbocycles. The fourth-order valence-electron chi connectivity index (χ4n) is 2.00. The maximum absolute atomic E-state index is 12.5. The van der Waals surface area contributed by atoms with Crippen molar-refractivity contribution in [1.82, 2.24) is 9.55 Å². The van der Waals surface area contributed by atoms with E-state index in [2.05, 4.69) is 4.98 Å². The Morgan fingerprint density at radius 2 is 1.68 bits per heavy atom. The molecular formula is C14H9F3N2. The third-order valence-corrected chi connectivity index (χ3v) is 2.93. The lowest BCUT2D eigenvalue weighted by Crippen LogP contribution is -2.04. The number of pyridine rings is 1. The highest BCUT2D eigenvalue weighted by Crippen LogP contribution is 2.30. The molecule has 0 saturated carbocycles. The van der Waals surface area contributed by atoms with Crippen LogP contribution in [0.25, 0.3) is 16.7 Å². The van der Waals surface area contributed by atoms with Crippen LogP contribution in [0.1, 0.15) is 5.56 Å². The smallest absolute Gasteiger partial charge is 0.315 e. The number of rotatable bonds is 1. The third kappa shape index (κ3) is 2.07. The van der Waals surface area contributed by atoms with Crippen molar-refractivity contribution in [2.45, 2.75) is 6.18 Å². The Kier molecular flexibility index (Phi) is 2.55. The van der Waals surface area contributed by atoms with Crippen LogP contribution in [0.5, 0.6) is 0 Å². The molecule has 3 aromatic rings. The summed E-state index contributed by atoms with van der Waals surface area (Å²) in [6.45, 7) is 0. The molecular weight excluding hydrogens is 253 g/mol. The molecule has 2 heterocycles. The Labute approximate surface area is 107 Å². The largest absolute Gasteiger partial charge is 0.416 e. The number of fused-ring (bicyclic) bond motifs is 1. The van der Waals surface area contributed by atoms with E-state index in [1.165, 1.54) is 12.1 Å². The first kappa shape index (κ1) is 11.8. The van der Waals surface area contributed by atoms with Gasteiger partial charge in [-0.05, 0) is 42.5 Å². The maximum Gasteiger partial charge on any atom is 0.416 e. The summed E-state index contributed by atoms with van der Waals surface area (Å²) in [5, 5.41) is 0. The minimum Gasteiger partial charge on any atom is -0.315 e. The molecule has 0 spiro atoms. The van der Waals surface area contributed by atoms with Gasteiger partial charge in [0, 0.05) is 18.1 Å². The van der Waals surface area contributed by atoms with Crippen molar-refractivity contribution in [3.63, 3.8) is 0 Å². The van der Waals surface area contributed by atoms with Crippen molar-refractivity contribution in [1.29, 1.82) is 0 Å². The Bertz CT molecular complexity index is 711. The van der Waals surface area contributed by atoms with Gasteiger partial charge < -0.3 is 4.57 Å². The maximum atomic E-state index is 12.5. The second-order valence-electron chi connectivity index (χ2n) is 4.14. The van der Waals surface area contributed by atoms with Crippen molar-refractivity contribution in [3.05, 3.63) is 60.4 Å². The van der Waals surface area contributed by atoms with Crippen molar-refractivity contribution >= 4 is 11.0 Å². The van der Waals surface area contributed by atoms with Crippen LogP contribution in [0.2, 0.25) is 0 Å². The molecule has 0 N–H and O–H groups in total.